The van der Waals surface area contributed by atoms with Gasteiger partial charge in [0, 0.05) is 12.2 Å². The summed E-state index contributed by atoms with van der Waals surface area (Å²) in [5.41, 5.74) is 10.8. The Balaban J connectivity index is 1.91. The number of aryl methyl sites for hydroxylation is 2. The summed E-state index contributed by atoms with van der Waals surface area (Å²) < 4.78 is 40.0. The summed E-state index contributed by atoms with van der Waals surface area (Å²) in [6.07, 6.45) is 13.8. The summed E-state index contributed by atoms with van der Waals surface area (Å²) in [7, 11) is 0. The summed E-state index contributed by atoms with van der Waals surface area (Å²) in [6.45, 7) is 11.8. The zero-order chi connectivity index (χ0) is 36.1. The van der Waals surface area contributed by atoms with E-state index in [0.717, 1.165) is 74.4 Å². The van der Waals surface area contributed by atoms with E-state index in [0.29, 0.717) is 10.6 Å². The zero-order valence-corrected chi connectivity index (χ0v) is 29.6. The van der Waals surface area contributed by atoms with Crippen LogP contribution in [-0.4, -0.2) is 64.1 Å². The molecule has 0 bridgehead atoms. The molecular weight excluding hydrogens is 620 g/mol. The van der Waals surface area contributed by atoms with E-state index in [1.165, 1.54) is 22.8 Å². The minimum atomic E-state index is -3.80. The molecule has 3 unspecified atom stereocenters. The highest BCUT2D eigenvalue weighted by Gasteiger charge is 2.40. The average Bonchev–Trinajstić information content (AvgIpc) is 2.98. The number of carbonyl (C=O) groups is 2. The number of amides is 3. The minimum absolute atomic E-state index is 0.309. The molecule has 1 aliphatic rings. The molecule has 0 saturated carbocycles. The number of benzene rings is 1. The summed E-state index contributed by atoms with van der Waals surface area (Å²) >= 11 is 0. The highest BCUT2D eigenvalue weighted by atomic mass is 19.3. The summed E-state index contributed by atoms with van der Waals surface area (Å²) in [6, 6.07) is 1.59. The SMILES string of the molecule is CC(C)=CCC/C(C)=C/CC/C(C)=C/CCC1(C)CCc2cc(OC(=O)NC(C)/C=C\N(CC(F)(F)C(O)CO)C(N)=O)cc(C)c2O1. The van der Waals surface area contributed by atoms with Gasteiger partial charge in [0.25, 0.3) is 5.92 Å². The van der Waals surface area contributed by atoms with Gasteiger partial charge in [-0.1, -0.05) is 34.9 Å². The molecule has 268 valence electrons. The van der Waals surface area contributed by atoms with Crippen LogP contribution < -0.4 is 20.5 Å². The van der Waals surface area contributed by atoms with Crippen molar-refractivity contribution in [2.45, 2.75) is 124 Å². The molecule has 0 spiro atoms. The molecule has 1 aliphatic heterocycles. The number of alkyl halides is 2. The Morgan fingerprint density at radius 3 is 2.35 bits per heavy atom. The minimum Gasteiger partial charge on any atom is -0.487 e. The van der Waals surface area contributed by atoms with E-state index in [9.17, 15) is 23.5 Å². The van der Waals surface area contributed by atoms with Crippen molar-refractivity contribution in [3.8, 4) is 11.5 Å². The Labute approximate surface area is 284 Å². The van der Waals surface area contributed by atoms with Gasteiger partial charge in [0.1, 0.15) is 23.2 Å². The second kappa shape index (κ2) is 18.7. The quantitative estimate of drug-likeness (QED) is 0.125. The van der Waals surface area contributed by atoms with Gasteiger partial charge in [0.05, 0.1) is 13.2 Å². The van der Waals surface area contributed by atoms with E-state index in [4.69, 9.17) is 20.3 Å². The number of hydrogen-bond acceptors (Lipinski definition) is 6. The monoisotopic (exact) mass is 675 g/mol. The number of aliphatic hydroxyl groups is 2. The fourth-order valence-corrected chi connectivity index (χ4v) is 5.31. The number of nitrogens with zero attached hydrogens (tertiary/aromatic N) is 1. The number of allylic oxidation sites excluding steroid dienone is 6. The lowest BCUT2D eigenvalue weighted by molar-refractivity contribution is -0.130. The molecule has 1 aromatic carbocycles. The number of nitrogens with two attached hydrogens (primary N) is 1. The van der Waals surface area contributed by atoms with Crippen molar-refractivity contribution in [3.63, 3.8) is 0 Å². The standard InChI is InChI=1S/C37H55F2N3O6/c1-25(2)11-8-12-26(3)13-9-14-27(4)15-10-18-36(7)19-16-30-22-31(21-28(5)33(30)48-36)47-35(46)41-29(6)17-20-42(34(40)45)24-37(38,39)32(44)23-43/h11,13,15,17,20-22,29,32,43-44H,8-10,12,14,16,18-19,23-24H2,1-7H3,(H2,40,45)(H,41,46)/b20-17-,26-13+,27-15+. The maximum absolute atomic E-state index is 14.0. The molecule has 0 radical (unpaired) electrons. The maximum atomic E-state index is 14.0. The normalized spacial score (nSPS) is 18.1. The number of aliphatic hydroxyl groups excluding tert-OH is 2. The summed E-state index contributed by atoms with van der Waals surface area (Å²) in [5.74, 6) is -2.66. The van der Waals surface area contributed by atoms with E-state index in [-0.39, 0.29) is 5.60 Å². The lowest BCUT2D eigenvalue weighted by Gasteiger charge is -2.37. The van der Waals surface area contributed by atoms with Gasteiger partial charge in [-0.15, -0.1) is 0 Å². The van der Waals surface area contributed by atoms with Crippen molar-refractivity contribution in [3.05, 3.63) is 70.5 Å². The highest BCUT2D eigenvalue weighted by Crippen LogP contribution is 2.40. The van der Waals surface area contributed by atoms with Gasteiger partial charge in [0.2, 0.25) is 0 Å². The Hall–Kier alpha value is -3.70. The van der Waals surface area contributed by atoms with Crippen LogP contribution >= 0.6 is 0 Å². The number of ether oxygens (including phenoxy) is 2. The summed E-state index contributed by atoms with van der Waals surface area (Å²) in [5, 5.41) is 20.7. The van der Waals surface area contributed by atoms with Crippen molar-refractivity contribution in [1.29, 1.82) is 0 Å². The molecule has 1 aromatic rings. The third-order valence-electron chi connectivity index (χ3n) is 8.32. The number of urea groups is 1. The Morgan fingerprint density at radius 2 is 1.75 bits per heavy atom. The molecule has 0 aliphatic carbocycles. The van der Waals surface area contributed by atoms with E-state index in [1.54, 1.807) is 19.1 Å². The molecular formula is C37H55F2N3O6. The van der Waals surface area contributed by atoms with E-state index < -0.39 is 43.3 Å². The first kappa shape index (κ1) is 40.5. The van der Waals surface area contributed by atoms with Crippen LogP contribution in [0.4, 0.5) is 18.4 Å². The number of carbonyl (C=O) groups excluding carboxylic acids is 2. The summed E-state index contributed by atoms with van der Waals surface area (Å²) in [4.78, 5) is 24.7. The highest BCUT2D eigenvalue weighted by molar-refractivity contribution is 5.73. The van der Waals surface area contributed by atoms with Crippen LogP contribution in [0.1, 0.15) is 97.6 Å². The van der Waals surface area contributed by atoms with Crippen molar-refractivity contribution >= 4 is 12.1 Å². The smallest absolute Gasteiger partial charge is 0.413 e. The van der Waals surface area contributed by atoms with Crippen LogP contribution in [0.15, 0.2) is 59.4 Å². The molecule has 3 atom stereocenters. The first-order valence-corrected chi connectivity index (χ1v) is 16.6. The van der Waals surface area contributed by atoms with Crippen LogP contribution in [0.2, 0.25) is 0 Å². The number of primary amides is 1. The van der Waals surface area contributed by atoms with Crippen molar-refractivity contribution in [1.82, 2.24) is 10.2 Å². The third kappa shape index (κ3) is 13.8. The Kier molecular flexibility index (Phi) is 15.8. The van der Waals surface area contributed by atoms with Gasteiger partial charge < -0.3 is 30.7 Å². The predicted molar refractivity (Wildman–Crippen MR) is 185 cm³/mol. The molecule has 5 N–H and O–H groups in total. The third-order valence-corrected chi connectivity index (χ3v) is 8.32. The van der Waals surface area contributed by atoms with Crippen LogP contribution in [0.3, 0.4) is 0 Å². The molecule has 11 heteroatoms. The van der Waals surface area contributed by atoms with Crippen LogP contribution in [0, 0.1) is 6.92 Å². The van der Waals surface area contributed by atoms with Crippen LogP contribution in [0.5, 0.6) is 11.5 Å². The topological polar surface area (TPSA) is 134 Å². The maximum Gasteiger partial charge on any atom is 0.413 e. The van der Waals surface area contributed by atoms with Gasteiger partial charge in [0.15, 0.2) is 0 Å². The van der Waals surface area contributed by atoms with Gasteiger partial charge in [-0.3, -0.25) is 4.90 Å². The fraction of sp³-hybridized carbons (Fsp3) is 0.568. The Morgan fingerprint density at radius 1 is 1.12 bits per heavy atom. The van der Waals surface area contributed by atoms with Crippen molar-refractivity contribution in [2.75, 3.05) is 13.2 Å². The van der Waals surface area contributed by atoms with Crippen LogP contribution in [-0.2, 0) is 6.42 Å². The number of nitrogens with one attached hydrogen (secondary N) is 1. The second-order valence-corrected chi connectivity index (χ2v) is 13.4. The number of fused-ring (bicyclic) bond motifs is 1. The number of rotatable bonds is 17. The van der Waals surface area contributed by atoms with E-state index >= 15 is 0 Å². The number of hydrogen-bond donors (Lipinski definition) is 4. The lowest BCUT2D eigenvalue weighted by atomic mass is 9.87. The van der Waals surface area contributed by atoms with Crippen LogP contribution in [0.25, 0.3) is 0 Å². The van der Waals surface area contributed by atoms with E-state index in [1.807, 2.05) is 6.92 Å². The predicted octanol–water partition coefficient (Wildman–Crippen LogP) is 7.64. The molecule has 0 fully saturated rings. The van der Waals surface area contributed by atoms with Crippen molar-refractivity contribution in [2.24, 2.45) is 5.73 Å². The molecule has 3 amide bonds. The first-order valence-electron chi connectivity index (χ1n) is 16.6. The molecule has 0 aromatic heterocycles. The largest absolute Gasteiger partial charge is 0.487 e. The lowest BCUT2D eigenvalue weighted by Crippen LogP contribution is -2.48. The molecule has 1 heterocycles. The van der Waals surface area contributed by atoms with E-state index in [2.05, 4.69) is 58.2 Å². The van der Waals surface area contributed by atoms with Gasteiger partial charge in [-0.2, -0.15) is 0 Å². The second-order valence-electron chi connectivity index (χ2n) is 13.4. The fourth-order valence-electron chi connectivity index (χ4n) is 5.31. The molecule has 48 heavy (non-hydrogen) atoms. The average molecular weight is 676 g/mol. The first-order chi connectivity index (χ1) is 22.4. The Bertz CT molecular complexity index is 1370. The molecule has 2 rings (SSSR count). The van der Waals surface area contributed by atoms with Crippen molar-refractivity contribution < 1.29 is 38.1 Å². The van der Waals surface area contributed by atoms with Gasteiger partial charge in [-0.05, 0) is 129 Å². The zero-order valence-electron chi connectivity index (χ0n) is 29.6. The van der Waals surface area contributed by atoms with Gasteiger partial charge >= 0.3 is 12.1 Å². The molecule has 9 nitrogen and oxygen atoms in total. The van der Waals surface area contributed by atoms with Gasteiger partial charge in [-0.25, -0.2) is 18.4 Å². The number of halogens is 2. The molecule has 0 saturated heterocycles.